The van der Waals surface area contributed by atoms with Crippen molar-refractivity contribution < 1.29 is 49.3 Å². The second-order valence-corrected chi connectivity index (χ2v) is 17.3. The average Bonchev–Trinajstić information content (AvgIpc) is 3.17. The fourth-order valence-electron chi connectivity index (χ4n) is 8.75. The fourth-order valence-corrected chi connectivity index (χ4v) is 8.75. The van der Waals surface area contributed by atoms with E-state index in [0.29, 0.717) is 44.4 Å². The monoisotopic (exact) mass is 779 g/mol. The number of aliphatic hydroxyl groups is 5. The van der Waals surface area contributed by atoms with E-state index in [4.69, 9.17) is 18.9 Å². The molecule has 318 valence electrons. The molecule has 3 aliphatic rings. The molecule has 3 rings (SSSR count). The molecule has 0 saturated carbocycles. The minimum atomic E-state index is -0.953. The molecule has 16 atom stereocenters. The lowest BCUT2D eigenvalue weighted by Crippen LogP contribution is -2.58. The largest absolute Gasteiger partial charge is 0.459 e. The Bertz CT molecular complexity index is 1190. The number of methoxy groups -OCH3 is 1. The van der Waals surface area contributed by atoms with Crippen molar-refractivity contribution in [3.63, 3.8) is 0 Å². The first-order chi connectivity index (χ1) is 26.2. The van der Waals surface area contributed by atoms with E-state index < -0.39 is 66.3 Å². The van der Waals surface area contributed by atoms with Gasteiger partial charge in [-0.05, 0) is 82.5 Å². The number of rotatable bonds is 7. The van der Waals surface area contributed by atoms with Gasteiger partial charge in [0.25, 0.3) is 0 Å². The molecule has 0 amide bonds. The summed E-state index contributed by atoms with van der Waals surface area (Å²) in [5.74, 6) is -2.22. The van der Waals surface area contributed by atoms with Crippen molar-refractivity contribution in [1.29, 1.82) is 0 Å². The summed E-state index contributed by atoms with van der Waals surface area (Å²) in [4.78, 5) is 13.6. The fraction of sp³-hybridized carbons (Fsp3) is 0.844. The van der Waals surface area contributed by atoms with Crippen LogP contribution in [0.5, 0.6) is 0 Å². The molecule has 0 aliphatic carbocycles. The normalized spacial score (nSPS) is 43.3. The van der Waals surface area contributed by atoms with Gasteiger partial charge in [0.2, 0.25) is 0 Å². The maximum Gasteiger partial charge on any atom is 0.330 e. The highest BCUT2D eigenvalue weighted by molar-refractivity contribution is 5.82. The molecule has 0 aromatic heterocycles. The second kappa shape index (κ2) is 23.7. The quantitative estimate of drug-likeness (QED) is 0.168. The SMILES string of the molecule is CCC[C@H]1[C@@H]2C[C@@]3(CC[C@H](C)[C@H](C[C@H](O)CC)O3)O[C@H]1CC[C@@H](CC)/C=C/C=C/CC[C@@H](O)[C@@H](C)[C@@H](O)C[C@@H](OC)C[C@@H](O)[C@H](C)[C@H](O)[C@@H](C)/C=C/C(=O)O2. The van der Waals surface area contributed by atoms with Crippen LogP contribution in [-0.4, -0.2) is 99.3 Å². The summed E-state index contributed by atoms with van der Waals surface area (Å²) in [6.45, 7) is 13.9. The molecule has 5 N–H and O–H groups in total. The third kappa shape index (κ3) is 14.6. The lowest BCUT2D eigenvalue weighted by Gasteiger charge is -2.52. The number of carbonyl (C=O) groups excluding carboxylic acids is 1. The van der Waals surface area contributed by atoms with Crippen molar-refractivity contribution in [3.8, 4) is 0 Å². The van der Waals surface area contributed by atoms with E-state index in [-0.39, 0.29) is 42.8 Å². The summed E-state index contributed by atoms with van der Waals surface area (Å²) in [5.41, 5.74) is 0. The van der Waals surface area contributed by atoms with Crippen LogP contribution in [0.25, 0.3) is 0 Å². The van der Waals surface area contributed by atoms with Crippen LogP contribution < -0.4 is 0 Å². The molecule has 55 heavy (non-hydrogen) atoms. The van der Waals surface area contributed by atoms with Gasteiger partial charge in [0.05, 0.1) is 48.8 Å². The molecule has 2 bridgehead atoms. The van der Waals surface area contributed by atoms with Crippen LogP contribution in [0.2, 0.25) is 0 Å². The highest BCUT2D eigenvalue weighted by atomic mass is 16.7. The predicted octanol–water partition coefficient (Wildman–Crippen LogP) is 7.19. The van der Waals surface area contributed by atoms with E-state index in [1.807, 2.05) is 32.9 Å². The van der Waals surface area contributed by atoms with Crippen molar-refractivity contribution in [1.82, 2.24) is 0 Å². The van der Waals surface area contributed by atoms with Crippen LogP contribution in [0.3, 0.4) is 0 Å². The highest BCUT2D eigenvalue weighted by Gasteiger charge is 2.52. The maximum atomic E-state index is 13.6. The van der Waals surface area contributed by atoms with Crippen LogP contribution in [0, 0.1) is 35.5 Å². The molecule has 3 heterocycles. The molecule has 3 aliphatic heterocycles. The van der Waals surface area contributed by atoms with E-state index in [0.717, 1.165) is 38.5 Å². The van der Waals surface area contributed by atoms with Crippen LogP contribution >= 0.6 is 0 Å². The zero-order valence-electron chi connectivity index (χ0n) is 35.3. The molecule has 1 spiro atoms. The van der Waals surface area contributed by atoms with Crippen molar-refractivity contribution in [3.05, 3.63) is 36.5 Å². The third-order valence-electron chi connectivity index (χ3n) is 13.1. The Labute approximate surface area is 332 Å². The number of ether oxygens (including phenoxy) is 4. The number of fused-ring (bicyclic) bond motifs is 2. The average molecular weight is 779 g/mol. The molecule has 0 aromatic carbocycles. The lowest BCUT2D eigenvalue weighted by atomic mass is 9.78. The van der Waals surface area contributed by atoms with Gasteiger partial charge in [0.15, 0.2) is 5.79 Å². The van der Waals surface area contributed by atoms with E-state index in [1.165, 1.54) is 13.2 Å². The molecule has 0 unspecified atom stereocenters. The highest BCUT2D eigenvalue weighted by Crippen LogP contribution is 2.47. The van der Waals surface area contributed by atoms with Gasteiger partial charge in [0, 0.05) is 49.7 Å². The zero-order valence-corrected chi connectivity index (χ0v) is 35.3. The smallest absolute Gasteiger partial charge is 0.330 e. The first kappa shape index (κ1) is 47.7. The van der Waals surface area contributed by atoms with E-state index in [2.05, 4.69) is 32.9 Å². The van der Waals surface area contributed by atoms with Gasteiger partial charge in [-0.1, -0.05) is 85.3 Å². The second-order valence-electron chi connectivity index (χ2n) is 17.3. The Morgan fingerprint density at radius 2 is 1.58 bits per heavy atom. The van der Waals surface area contributed by atoms with Crippen LogP contribution in [0.15, 0.2) is 36.5 Å². The Morgan fingerprint density at radius 1 is 0.873 bits per heavy atom. The number of esters is 1. The summed E-state index contributed by atoms with van der Waals surface area (Å²) >= 11 is 0. The Kier molecular flexibility index (Phi) is 20.6. The topological polar surface area (TPSA) is 155 Å². The van der Waals surface area contributed by atoms with Gasteiger partial charge in [-0.15, -0.1) is 0 Å². The van der Waals surface area contributed by atoms with Crippen LogP contribution in [0.1, 0.15) is 138 Å². The number of hydrogen-bond donors (Lipinski definition) is 5. The van der Waals surface area contributed by atoms with Gasteiger partial charge in [-0.2, -0.15) is 0 Å². The summed E-state index contributed by atoms with van der Waals surface area (Å²) in [6.07, 6.45) is 15.5. The first-order valence-electron chi connectivity index (χ1n) is 21.7. The van der Waals surface area contributed by atoms with Crippen molar-refractivity contribution in [2.24, 2.45) is 35.5 Å². The van der Waals surface area contributed by atoms with Gasteiger partial charge in [-0.3, -0.25) is 0 Å². The Hall–Kier alpha value is -1.63. The summed E-state index contributed by atoms with van der Waals surface area (Å²) in [6, 6.07) is 0. The maximum absolute atomic E-state index is 13.6. The minimum absolute atomic E-state index is 0.0187. The molecule has 0 aromatic rings. The molecule has 10 nitrogen and oxygen atoms in total. The van der Waals surface area contributed by atoms with E-state index in [1.54, 1.807) is 13.0 Å². The molecular formula is C45H78O10. The number of aliphatic hydroxyl groups excluding tert-OH is 5. The van der Waals surface area contributed by atoms with Crippen molar-refractivity contribution >= 4 is 5.97 Å². The van der Waals surface area contributed by atoms with Gasteiger partial charge >= 0.3 is 5.97 Å². The van der Waals surface area contributed by atoms with Gasteiger partial charge in [-0.25, -0.2) is 4.79 Å². The molecule has 2 fully saturated rings. The third-order valence-corrected chi connectivity index (χ3v) is 13.1. The number of hydrogen-bond acceptors (Lipinski definition) is 10. The summed E-state index contributed by atoms with van der Waals surface area (Å²) in [5, 5.41) is 54.8. The molecule has 10 heteroatoms. The molecule has 0 radical (unpaired) electrons. The Balaban J connectivity index is 1.93. The number of carbonyl (C=O) groups is 1. The molecule has 2 saturated heterocycles. The predicted molar refractivity (Wildman–Crippen MR) is 216 cm³/mol. The van der Waals surface area contributed by atoms with E-state index in [9.17, 15) is 30.3 Å². The number of allylic oxidation sites excluding steroid dienone is 4. The first-order valence-corrected chi connectivity index (χ1v) is 21.7. The van der Waals surface area contributed by atoms with Crippen LogP contribution in [0.4, 0.5) is 0 Å². The minimum Gasteiger partial charge on any atom is -0.459 e. The Morgan fingerprint density at radius 3 is 2.24 bits per heavy atom. The summed E-state index contributed by atoms with van der Waals surface area (Å²) in [7, 11) is 1.54. The standard InChI is InChI=1S/C45H78O10/c1-9-16-36-40-21-20-33(10-2)17-14-12-13-15-18-37(47)31(6)38(48)26-35(52-8)27-39(49)32(7)44(51)30(5)19-22-43(50)53-42(36)28-45(54-40)24-23-29(4)41(55-45)25-34(46)11-3/h12-14,17,19,22,29-42,44,46-49,51H,9-11,15-16,18,20-21,23-28H2,1-8H3/b13-12+,17-14+,22-19+/t29-,30-,31+,32-,33-,34+,35+,36+,37+,38-,39+,40-,41-,42-,44+,45-/m0/s1. The van der Waals surface area contributed by atoms with Crippen molar-refractivity contribution in [2.75, 3.05) is 7.11 Å². The van der Waals surface area contributed by atoms with Gasteiger partial charge < -0.3 is 44.5 Å². The van der Waals surface area contributed by atoms with E-state index >= 15 is 0 Å². The van der Waals surface area contributed by atoms with Crippen molar-refractivity contribution in [2.45, 2.75) is 199 Å². The molecular weight excluding hydrogens is 700 g/mol. The zero-order chi connectivity index (χ0) is 40.7. The summed E-state index contributed by atoms with van der Waals surface area (Å²) < 4.78 is 25.8. The lowest BCUT2D eigenvalue weighted by molar-refractivity contribution is -0.349. The van der Waals surface area contributed by atoms with Gasteiger partial charge in [0.1, 0.15) is 6.10 Å². The van der Waals surface area contributed by atoms with Crippen LogP contribution in [-0.2, 0) is 23.7 Å².